The molecule has 0 aromatic rings. The van der Waals surface area contributed by atoms with Crippen LogP contribution in [0.2, 0.25) is 0 Å². The van der Waals surface area contributed by atoms with Crippen molar-refractivity contribution in [3.63, 3.8) is 0 Å². The smallest absolute Gasteiger partial charge is 0.315 e. The molecule has 5 saturated carbocycles. The van der Waals surface area contributed by atoms with E-state index in [9.17, 15) is 34.8 Å². The molecule has 252 valence electrons. The van der Waals surface area contributed by atoms with Gasteiger partial charge in [0, 0.05) is 36.5 Å². The maximum Gasteiger partial charge on any atom is 0.315 e. The van der Waals surface area contributed by atoms with Crippen LogP contribution in [0.4, 0.5) is 0 Å². The van der Waals surface area contributed by atoms with Gasteiger partial charge in [0.25, 0.3) is 0 Å². The number of esters is 3. The van der Waals surface area contributed by atoms with Crippen molar-refractivity contribution in [1.82, 2.24) is 0 Å². The monoisotopic (exact) mass is 634 g/mol. The second-order valence-electron chi connectivity index (χ2n) is 15.8. The molecule has 5 aliphatic carbocycles. The largest absolute Gasteiger partial charge is 0.468 e. The van der Waals surface area contributed by atoms with Crippen molar-refractivity contribution in [1.29, 1.82) is 0 Å². The van der Waals surface area contributed by atoms with Crippen molar-refractivity contribution in [3.05, 3.63) is 12.2 Å². The zero-order valence-corrected chi connectivity index (χ0v) is 27.3. The predicted octanol–water partition coefficient (Wildman–Crippen LogP) is 2.41. The number of carbonyl (C=O) groups excluding carboxylic acids is 3. The van der Waals surface area contributed by atoms with Crippen LogP contribution in [-0.4, -0.2) is 88.4 Å². The molecule has 0 aromatic carbocycles. The topological polar surface area (TPSA) is 169 Å². The van der Waals surface area contributed by atoms with Gasteiger partial charge in [-0.05, 0) is 68.1 Å². The van der Waals surface area contributed by atoms with Gasteiger partial charge >= 0.3 is 17.9 Å². The number of ether oxygens (including phenoxy) is 4. The van der Waals surface area contributed by atoms with E-state index in [1.54, 1.807) is 6.92 Å². The van der Waals surface area contributed by atoms with Crippen molar-refractivity contribution in [2.24, 2.45) is 44.8 Å². The minimum Gasteiger partial charge on any atom is -0.468 e. The highest BCUT2D eigenvalue weighted by Gasteiger charge is 2.85. The maximum atomic E-state index is 14.4. The predicted molar refractivity (Wildman–Crippen MR) is 158 cm³/mol. The van der Waals surface area contributed by atoms with E-state index in [-0.39, 0.29) is 32.3 Å². The Morgan fingerprint density at radius 3 is 2.20 bits per heavy atom. The standard InChI is InChI=1S/C34H50O11/c1-17-8-9-29(5)10-11-30(6)25-24(45-20(4)36)26(38)32-16-43-27(39)31(25,12-13-33(30,28(40)42-7)34(29,41)15-17)22(32)14-21(37)23(18(32)2)44-19(3)35/h18,21-27,37-39,41H,1,8-16H2,2-7H3/t18-,21+,22-,23+,24-,25+,26+,27-,29+,30+,31-,32+,33-,34-/m0/s1. The Morgan fingerprint density at radius 2 is 1.58 bits per heavy atom. The Kier molecular flexibility index (Phi) is 7.47. The van der Waals surface area contributed by atoms with Crippen LogP contribution in [0, 0.1) is 44.8 Å². The summed E-state index contributed by atoms with van der Waals surface area (Å²) in [6.45, 7) is 12.3. The van der Waals surface area contributed by atoms with Gasteiger partial charge in [-0.15, -0.1) is 0 Å². The highest BCUT2D eigenvalue weighted by molar-refractivity contribution is 5.81. The summed E-state index contributed by atoms with van der Waals surface area (Å²) in [6.07, 6.45) is -3.09. The van der Waals surface area contributed by atoms with E-state index < -0.39 is 99.0 Å². The Balaban J connectivity index is 1.62. The Morgan fingerprint density at radius 1 is 0.933 bits per heavy atom. The van der Waals surface area contributed by atoms with E-state index in [2.05, 4.69) is 6.58 Å². The van der Waals surface area contributed by atoms with Crippen LogP contribution in [0.15, 0.2) is 12.2 Å². The summed E-state index contributed by atoms with van der Waals surface area (Å²) in [5.41, 5.74) is -6.42. The summed E-state index contributed by atoms with van der Waals surface area (Å²) in [7, 11) is 1.31. The zero-order valence-electron chi connectivity index (χ0n) is 27.3. The Hall–Kier alpha value is -2.05. The Bertz CT molecular complexity index is 1300. The van der Waals surface area contributed by atoms with Gasteiger partial charge in [-0.3, -0.25) is 14.4 Å². The number of fused-ring (bicyclic) bond motifs is 4. The van der Waals surface area contributed by atoms with E-state index in [4.69, 9.17) is 18.9 Å². The van der Waals surface area contributed by atoms with Gasteiger partial charge in [0.1, 0.15) is 17.6 Å². The minimum atomic E-state index is -1.57. The van der Waals surface area contributed by atoms with Gasteiger partial charge in [0.2, 0.25) is 0 Å². The number of hydrogen-bond donors (Lipinski definition) is 4. The molecular weight excluding hydrogens is 584 g/mol. The molecule has 11 heteroatoms. The molecule has 0 unspecified atom stereocenters. The van der Waals surface area contributed by atoms with E-state index in [0.29, 0.717) is 19.3 Å². The SMILES string of the molecule is C=C1CC[C@]2(C)CC[C@]3(C)[C@H]4[C@H](OC(C)=O)[C@@H](O)[C@@]56CO[C@H](O)[C@@]4(CC[C@@]3(C(=O)OC)[C@]2(O)C1)[C@@H]5C[C@@H](O)[C@H](OC(C)=O)[C@@H]6C. The third-order valence-electron chi connectivity index (χ3n) is 14.4. The highest BCUT2D eigenvalue weighted by Crippen LogP contribution is 2.81. The van der Waals surface area contributed by atoms with Gasteiger partial charge in [-0.1, -0.05) is 32.9 Å². The molecule has 2 bridgehead atoms. The fourth-order valence-corrected chi connectivity index (χ4v) is 12.4. The second-order valence-corrected chi connectivity index (χ2v) is 15.8. The average Bonchev–Trinajstić information content (AvgIpc) is 2.96. The molecule has 0 aromatic heterocycles. The molecule has 6 aliphatic rings. The normalized spacial score (nSPS) is 53.5. The van der Waals surface area contributed by atoms with Crippen LogP contribution in [0.25, 0.3) is 0 Å². The third kappa shape index (κ3) is 3.73. The molecule has 0 amide bonds. The summed E-state index contributed by atoms with van der Waals surface area (Å²) >= 11 is 0. The number of methoxy groups -OCH3 is 1. The lowest BCUT2D eigenvalue weighted by atomic mass is 9.27. The van der Waals surface area contributed by atoms with Gasteiger partial charge in [0.15, 0.2) is 6.29 Å². The Labute approximate surface area is 264 Å². The van der Waals surface area contributed by atoms with E-state index >= 15 is 0 Å². The first-order valence-electron chi connectivity index (χ1n) is 16.4. The van der Waals surface area contributed by atoms with Gasteiger partial charge in [-0.25, -0.2) is 0 Å². The van der Waals surface area contributed by atoms with Crippen molar-refractivity contribution >= 4 is 17.9 Å². The summed E-state index contributed by atoms with van der Waals surface area (Å²) < 4.78 is 23.5. The molecule has 6 rings (SSSR count). The fraction of sp³-hybridized carbons (Fsp3) is 0.853. The number of aliphatic hydroxyl groups excluding tert-OH is 3. The fourth-order valence-electron chi connectivity index (χ4n) is 12.4. The molecular formula is C34H50O11. The van der Waals surface area contributed by atoms with Gasteiger partial charge < -0.3 is 39.4 Å². The number of hydrogen-bond acceptors (Lipinski definition) is 11. The van der Waals surface area contributed by atoms with Gasteiger partial charge in [0.05, 0.1) is 31.5 Å². The van der Waals surface area contributed by atoms with E-state index in [1.165, 1.54) is 21.0 Å². The first-order chi connectivity index (χ1) is 20.9. The number of rotatable bonds is 3. The zero-order chi connectivity index (χ0) is 33.1. The van der Waals surface area contributed by atoms with Crippen LogP contribution >= 0.6 is 0 Å². The summed E-state index contributed by atoms with van der Waals surface area (Å²) in [6, 6.07) is 0. The van der Waals surface area contributed by atoms with Gasteiger partial charge in [-0.2, -0.15) is 0 Å². The summed E-state index contributed by atoms with van der Waals surface area (Å²) in [5, 5.41) is 49.2. The van der Waals surface area contributed by atoms with E-state index in [0.717, 1.165) is 12.0 Å². The quantitative estimate of drug-likeness (QED) is 0.204. The number of carbonyl (C=O) groups is 3. The summed E-state index contributed by atoms with van der Waals surface area (Å²) in [5.74, 6) is -3.87. The lowest BCUT2D eigenvalue weighted by Gasteiger charge is -2.78. The summed E-state index contributed by atoms with van der Waals surface area (Å²) in [4.78, 5) is 39.4. The molecule has 1 aliphatic heterocycles. The average molecular weight is 635 g/mol. The molecule has 1 spiro atoms. The first-order valence-corrected chi connectivity index (χ1v) is 16.4. The van der Waals surface area contributed by atoms with Crippen molar-refractivity contribution in [2.45, 2.75) is 122 Å². The molecule has 0 radical (unpaired) electrons. The molecule has 45 heavy (non-hydrogen) atoms. The van der Waals surface area contributed by atoms with Crippen LogP contribution in [0.5, 0.6) is 0 Å². The second kappa shape index (κ2) is 10.2. The lowest BCUT2D eigenvalue weighted by Crippen LogP contribution is -2.84. The molecule has 1 saturated heterocycles. The molecule has 14 atom stereocenters. The first kappa shape index (κ1) is 32.9. The molecule has 11 nitrogen and oxygen atoms in total. The third-order valence-corrected chi connectivity index (χ3v) is 14.4. The maximum absolute atomic E-state index is 14.4. The van der Waals surface area contributed by atoms with Crippen LogP contribution < -0.4 is 0 Å². The van der Waals surface area contributed by atoms with Crippen LogP contribution in [-0.2, 0) is 33.3 Å². The van der Waals surface area contributed by atoms with Crippen molar-refractivity contribution < 1.29 is 53.8 Å². The van der Waals surface area contributed by atoms with Crippen LogP contribution in [0.3, 0.4) is 0 Å². The van der Waals surface area contributed by atoms with Crippen molar-refractivity contribution in [3.8, 4) is 0 Å². The molecule has 6 fully saturated rings. The lowest BCUT2D eigenvalue weighted by molar-refractivity contribution is -0.417. The van der Waals surface area contributed by atoms with Crippen molar-refractivity contribution in [2.75, 3.05) is 13.7 Å². The van der Waals surface area contributed by atoms with E-state index in [1.807, 2.05) is 13.8 Å². The highest BCUT2D eigenvalue weighted by atomic mass is 16.6. The van der Waals surface area contributed by atoms with Crippen LogP contribution in [0.1, 0.15) is 86.0 Å². The molecule has 4 N–H and O–H groups in total. The molecule has 1 heterocycles. The minimum absolute atomic E-state index is 0.0865. The number of aliphatic hydroxyl groups is 4.